The van der Waals surface area contributed by atoms with Gasteiger partial charge in [0.15, 0.2) is 0 Å². The van der Waals surface area contributed by atoms with E-state index in [9.17, 15) is 4.79 Å². The predicted octanol–water partition coefficient (Wildman–Crippen LogP) is 0.355. The maximum atomic E-state index is 11.3. The molecule has 0 atom stereocenters. The highest BCUT2D eigenvalue weighted by Crippen LogP contribution is 2.19. The van der Waals surface area contributed by atoms with Crippen LogP contribution in [0.15, 0.2) is 18.5 Å². The molecule has 0 radical (unpaired) electrons. The van der Waals surface area contributed by atoms with Gasteiger partial charge in [-0.2, -0.15) is 14.9 Å². The molecule has 0 fully saturated rings. The Bertz CT molecular complexity index is 538. The van der Waals surface area contributed by atoms with Crippen molar-refractivity contribution in [3.63, 3.8) is 0 Å². The molecule has 0 aromatic carbocycles. The predicted molar refractivity (Wildman–Crippen MR) is 52.1 cm³/mol. The molecule has 6 nitrogen and oxygen atoms in total. The van der Waals surface area contributed by atoms with Gasteiger partial charge in [0.05, 0.1) is 24.1 Å². The van der Waals surface area contributed by atoms with Crippen LogP contribution in [0.1, 0.15) is 5.69 Å². The number of aryl methyl sites for hydroxylation is 1. The van der Waals surface area contributed by atoms with Crippen LogP contribution in [0, 0.1) is 0 Å². The fourth-order valence-corrected chi connectivity index (χ4v) is 1.66. The minimum absolute atomic E-state index is 0.167. The Morgan fingerprint density at radius 2 is 2.40 bits per heavy atom. The summed E-state index contributed by atoms with van der Waals surface area (Å²) in [5.74, 6) is 0. The number of aromatic nitrogens is 4. The van der Waals surface area contributed by atoms with Crippen molar-refractivity contribution in [1.82, 2.24) is 24.9 Å². The van der Waals surface area contributed by atoms with Crippen molar-refractivity contribution in [2.24, 2.45) is 7.05 Å². The molecule has 76 valence electrons. The monoisotopic (exact) mass is 203 g/mol. The van der Waals surface area contributed by atoms with Crippen molar-refractivity contribution in [2.75, 3.05) is 0 Å². The van der Waals surface area contributed by atoms with Gasteiger partial charge in [0, 0.05) is 18.8 Å². The highest BCUT2D eigenvalue weighted by molar-refractivity contribution is 5.80. The quantitative estimate of drug-likeness (QED) is 0.727. The maximum absolute atomic E-state index is 11.3. The van der Waals surface area contributed by atoms with Crippen molar-refractivity contribution >= 4 is 6.03 Å². The number of amides is 1. The molecule has 1 aliphatic heterocycles. The van der Waals surface area contributed by atoms with Gasteiger partial charge < -0.3 is 5.32 Å². The van der Waals surface area contributed by atoms with E-state index >= 15 is 0 Å². The van der Waals surface area contributed by atoms with Crippen LogP contribution in [-0.2, 0) is 13.6 Å². The number of nitrogens with one attached hydrogen (secondary N) is 1. The second-order valence-electron chi connectivity index (χ2n) is 3.49. The highest BCUT2D eigenvalue weighted by atomic mass is 16.2. The fourth-order valence-electron chi connectivity index (χ4n) is 1.66. The summed E-state index contributed by atoms with van der Waals surface area (Å²) in [4.78, 5) is 11.3. The molecule has 1 N–H and O–H groups in total. The third kappa shape index (κ3) is 1.14. The first-order valence-corrected chi connectivity index (χ1v) is 4.60. The van der Waals surface area contributed by atoms with Gasteiger partial charge in [-0.1, -0.05) is 0 Å². The van der Waals surface area contributed by atoms with Crippen LogP contribution < -0.4 is 5.32 Å². The first-order valence-electron chi connectivity index (χ1n) is 4.60. The lowest BCUT2D eigenvalue weighted by atomic mass is 10.2. The zero-order chi connectivity index (χ0) is 10.4. The average Bonchev–Trinajstić information content (AvgIpc) is 2.84. The number of hydrogen-bond donors (Lipinski definition) is 1. The van der Waals surface area contributed by atoms with Crippen LogP contribution in [0.5, 0.6) is 0 Å². The first-order chi connectivity index (χ1) is 7.24. The van der Waals surface area contributed by atoms with Crippen LogP contribution in [0.25, 0.3) is 11.3 Å². The Kier molecular flexibility index (Phi) is 1.47. The van der Waals surface area contributed by atoms with Gasteiger partial charge in [0.1, 0.15) is 0 Å². The minimum Gasteiger partial charge on any atom is -0.331 e. The molecular weight excluding hydrogens is 194 g/mol. The van der Waals surface area contributed by atoms with Crippen molar-refractivity contribution < 1.29 is 4.79 Å². The molecule has 15 heavy (non-hydrogen) atoms. The molecule has 1 amide bonds. The summed E-state index contributed by atoms with van der Waals surface area (Å²) in [6.45, 7) is 0.548. The maximum Gasteiger partial charge on any atom is 0.342 e. The summed E-state index contributed by atoms with van der Waals surface area (Å²) in [7, 11) is 1.85. The van der Waals surface area contributed by atoms with E-state index in [1.54, 1.807) is 10.9 Å². The second-order valence-corrected chi connectivity index (χ2v) is 3.49. The number of nitrogens with zero attached hydrogens (tertiary/aromatic N) is 4. The number of fused-ring (bicyclic) bond motifs is 1. The van der Waals surface area contributed by atoms with Gasteiger partial charge in [-0.3, -0.25) is 4.68 Å². The van der Waals surface area contributed by atoms with E-state index in [0.717, 1.165) is 17.0 Å². The summed E-state index contributed by atoms with van der Waals surface area (Å²) in [6, 6.07) is 1.73. The Hall–Kier alpha value is -2.11. The number of hydrogen-bond acceptors (Lipinski definition) is 3. The van der Waals surface area contributed by atoms with E-state index in [1.807, 2.05) is 19.3 Å². The third-order valence-electron chi connectivity index (χ3n) is 2.40. The third-order valence-corrected chi connectivity index (χ3v) is 2.40. The van der Waals surface area contributed by atoms with Crippen LogP contribution in [0.3, 0.4) is 0 Å². The van der Waals surface area contributed by atoms with Crippen molar-refractivity contribution in [3.8, 4) is 11.3 Å². The van der Waals surface area contributed by atoms with Crippen LogP contribution in [0.2, 0.25) is 0 Å². The molecule has 6 heteroatoms. The smallest absolute Gasteiger partial charge is 0.331 e. The van der Waals surface area contributed by atoms with Gasteiger partial charge in [0.2, 0.25) is 0 Å². The summed E-state index contributed by atoms with van der Waals surface area (Å²) in [5, 5.41) is 11.0. The van der Waals surface area contributed by atoms with Crippen LogP contribution >= 0.6 is 0 Å². The lowest BCUT2D eigenvalue weighted by molar-refractivity contribution is 0.244. The number of carbonyl (C=O) groups excluding carboxylic acids is 1. The SMILES string of the molecule is Cn1cc(-c2cc3n(n2)C(=O)NC3)cn1. The first kappa shape index (κ1) is 8.22. The molecule has 0 aliphatic carbocycles. The molecule has 0 bridgehead atoms. The summed E-state index contributed by atoms with van der Waals surface area (Å²) < 4.78 is 3.10. The van der Waals surface area contributed by atoms with E-state index in [0.29, 0.717) is 6.54 Å². The molecule has 0 unspecified atom stereocenters. The summed E-state index contributed by atoms with van der Waals surface area (Å²) in [5.41, 5.74) is 2.60. The van der Waals surface area contributed by atoms with Gasteiger partial charge in [-0.05, 0) is 6.07 Å². The van der Waals surface area contributed by atoms with Gasteiger partial charge in [0.25, 0.3) is 0 Å². The van der Waals surface area contributed by atoms with Crippen molar-refractivity contribution in [2.45, 2.75) is 6.54 Å². The molecule has 1 aliphatic rings. The highest BCUT2D eigenvalue weighted by Gasteiger charge is 2.21. The number of rotatable bonds is 1. The molecule has 2 aromatic rings. The molecule has 0 saturated carbocycles. The van der Waals surface area contributed by atoms with Crippen LogP contribution in [0.4, 0.5) is 4.79 Å². The minimum atomic E-state index is -0.167. The molecule has 2 aromatic heterocycles. The topological polar surface area (TPSA) is 64.7 Å². The van der Waals surface area contributed by atoms with Gasteiger partial charge >= 0.3 is 6.03 Å². The Morgan fingerprint density at radius 1 is 1.53 bits per heavy atom. The van der Waals surface area contributed by atoms with E-state index in [4.69, 9.17) is 0 Å². The number of carbonyl (C=O) groups is 1. The van der Waals surface area contributed by atoms with E-state index < -0.39 is 0 Å². The standard InChI is InChI=1S/C9H9N5O/c1-13-5-6(3-11-13)8-2-7-4-10-9(15)14(7)12-8/h2-3,5H,4H2,1H3,(H,10,15). The summed E-state index contributed by atoms with van der Waals surface area (Å²) in [6.07, 6.45) is 3.60. The van der Waals surface area contributed by atoms with Crippen molar-refractivity contribution in [1.29, 1.82) is 0 Å². The average molecular weight is 203 g/mol. The summed E-state index contributed by atoms with van der Waals surface area (Å²) >= 11 is 0. The van der Waals surface area contributed by atoms with Crippen molar-refractivity contribution in [3.05, 3.63) is 24.2 Å². The Labute approximate surface area is 85.5 Å². The molecule has 0 spiro atoms. The fraction of sp³-hybridized carbons (Fsp3) is 0.222. The molecule has 3 rings (SSSR count). The van der Waals surface area contributed by atoms with Gasteiger partial charge in [-0.25, -0.2) is 4.79 Å². The Balaban J connectivity index is 2.08. The van der Waals surface area contributed by atoms with E-state index in [2.05, 4.69) is 15.5 Å². The second kappa shape index (κ2) is 2.69. The zero-order valence-corrected chi connectivity index (χ0v) is 8.14. The lowest BCUT2D eigenvalue weighted by Crippen LogP contribution is -2.18. The van der Waals surface area contributed by atoms with E-state index in [-0.39, 0.29) is 6.03 Å². The molecular formula is C9H9N5O. The van der Waals surface area contributed by atoms with Crippen LogP contribution in [-0.4, -0.2) is 25.6 Å². The molecule has 3 heterocycles. The Morgan fingerprint density at radius 3 is 3.07 bits per heavy atom. The van der Waals surface area contributed by atoms with E-state index in [1.165, 1.54) is 4.68 Å². The largest absolute Gasteiger partial charge is 0.342 e. The molecule has 0 saturated heterocycles. The zero-order valence-electron chi connectivity index (χ0n) is 8.14. The normalized spacial score (nSPS) is 14.1. The van der Waals surface area contributed by atoms with Gasteiger partial charge in [-0.15, -0.1) is 0 Å². The lowest BCUT2D eigenvalue weighted by Gasteiger charge is -1.91.